The van der Waals surface area contributed by atoms with Crippen molar-refractivity contribution in [3.8, 4) is 5.69 Å². The van der Waals surface area contributed by atoms with E-state index in [0.717, 1.165) is 18.6 Å². The number of alkyl halides is 3. The summed E-state index contributed by atoms with van der Waals surface area (Å²) in [5, 5.41) is 4.16. The number of likely N-dealkylation sites (tertiary alicyclic amines) is 1. The molecular weight excluding hydrogens is 369 g/mol. The average molecular weight is 389 g/mol. The van der Waals surface area contributed by atoms with E-state index in [4.69, 9.17) is 5.73 Å². The highest BCUT2D eigenvalue weighted by atomic mass is 35.5. The van der Waals surface area contributed by atoms with E-state index in [0.29, 0.717) is 13.1 Å². The number of hydrogen-bond donors (Lipinski definition) is 1. The Balaban J connectivity index is 0.00000243. The van der Waals surface area contributed by atoms with E-state index in [1.54, 1.807) is 4.90 Å². The molecule has 3 rings (SSSR count). The molecule has 0 radical (unpaired) electrons. The first-order valence-electron chi connectivity index (χ1n) is 8.04. The lowest BCUT2D eigenvalue weighted by Crippen LogP contribution is -2.34. The Kier molecular flexibility index (Phi) is 5.98. The molecule has 1 amide bonds. The molecule has 0 bridgehead atoms. The Morgan fingerprint density at radius 3 is 2.69 bits per heavy atom. The Morgan fingerprint density at radius 1 is 1.35 bits per heavy atom. The molecule has 0 aliphatic carbocycles. The van der Waals surface area contributed by atoms with Crippen LogP contribution in [0.2, 0.25) is 0 Å². The second-order valence-electron chi connectivity index (χ2n) is 6.34. The van der Waals surface area contributed by atoms with Gasteiger partial charge in [-0.25, -0.2) is 4.68 Å². The van der Waals surface area contributed by atoms with Gasteiger partial charge in [0.25, 0.3) is 5.91 Å². The van der Waals surface area contributed by atoms with E-state index in [9.17, 15) is 18.0 Å². The van der Waals surface area contributed by atoms with Gasteiger partial charge in [0.2, 0.25) is 0 Å². The minimum atomic E-state index is -4.43. The van der Waals surface area contributed by atoms with Crippen molar-refractivity contribution >= 4 is 18.3 Å². The van der Waals surface area contributed by atoms with E-state index < -0.39 is 11.7 Å². The fraction of sp³-hybridized carbons (Fsp3) is 0.412. The topological polar surface area (TPSA) is 64.2 Å². The van der Waals surface area contributed by atoms with Crippen molar-refractivity contribution in [2.45, 2.75) is 25.6 Å². The molecular formula is C17H20ClF3N4O. The second-order valence-corrected chi connectivity index (χ2v) is 6.34. The predicted octanol–water partition coefficient (Wildman–Crippen LogP) is 3.12. The molecule has 1 aromatic carbocycles. The summed E-state index contributed by atoms with van der Waals surface area (Å²) in [5.74, 6) is 0.0404. The normalized spacial score (nSPS) is 20.1. The van der Waals surface area contributed by atoms with Crippen LogP contribution in [0.1, 0.15) is 29.4 Å². The standard InChI is InChI=1S/C17H19F3N4O.ClH/c1-11-7-12(9-21)10-23(11)16(25)15-5-6-24(22-15)14-4-2-3-13(8-14)17(18,19)20;/h2-6,8,11-12H,7,9-10,21H2,1H3;1H. The molecule has 142 valence electrons. The van der Waals surface area contributed by atoms with E-state index >= 15 is 0 Å². The lowest BCUT2D eigenvalue weighted by molar-refractivity contribution is -0.137. The van der Waals surface area contributed by atoms with Crippen LogP contribution in [0.5, 0.6) is 0 Å². The summed E-state index contributed by atoms with van der Waals surface area (Å²) < 4.78 is 39.8. The van der Waals surface area contributed by atoms with Crippen LogP contribution in [0.15, 0.2) is 36.5 Å². The highest BCUT2D eigenvalue weighted by Gasteiger charge is 2.33. The Morgan fingerprint density at radius 2 is 2.08 bits per heavy atom. The molecule has 2 heterocycles. The first-order chi connectivity index (χ1) is 11.8. The third-order valence-electron chi connectivity index (χ3n) is 4.50. The molecule has 2 N–H and O–H groups in total. The highest BCUT2D eigenvalue weighted by Crippen LogP contribution is 2.30. The Hall–Kier alpha value is -2.06. The number of nitrogens with zero attached hydrogens (tertiary/aromatic N) is 3. The van der Waals surface area contributed by atoms with Crippen molar-refractivity contribution in [1.29, 1.82) is 0 Å². The van der Waals surface area contributed by atoms with Gasteiger partial charge < -0.3 is 10.6 Å². The lowest BCUT2D eigenvalue weighted by Gasteiger charge is -2.20. The highest BCUT2D eigenvalue weighted by molar-refractivity contribution is 5.92. The van der Waals surface area contributed by atoms with Crippen LogP contribution in [-0.2, 0) is 6.18 Å². The van der Waals surface area contributed by atoms with Crippen molar-refractivity contribution < 1.29 is 18.0 Å². The molecule has 1 saturated heterocycles. The Bertz CT molecular complexity index is 777. The summed E-state index contributed by atoms with van der Waals surface area (Å²) in [6, 6.07) is 6.42. The summed E-state index contributed by atoms with van der Waals surface area (Å²) in [6.07, 6.45) is -2.09. The summed E-state index contributed by atoms with van der Waals surface area (Å²) in [6.45, 7) is 3.05. The van der Waals surface area contributed by atoms with Gasteiger partial charge in [0.15, 0.2) is 5.69 Å². The zero-order chi connectivity index (χ0) is 18.2. The number of nitrogens with two attached hydrogens (primary N) is 1. The van der Waals surface area contributed by atoms with E-state index in [2.05, 4.69) is 5.10 Å². The van der Waals surface area contributed by atoms with Crippen LogP contribution in [0.4, 0.5) is 13.2 Å². The maximum Gasteiger partial charge on any atom is 0.416 e. The van der Waals surface area contributed by atoms with Crippen molar-refractivity contribution in [3.63, 3.8) is 0 Å². The van der Waals surface area contributed by atoms with E-state index in [1.165, 1.54) is 29.1 Å². The number of hydrogen-bond acceptors (Lipinski definition) is 3. The van der Waals surface area contributed by atoms with Gasteiger partial charge in [-0.2, -0.15) is 18.3 Å². The molecule has 1 aromatic heterocycles. The summed E-state index contributed by atoms with van der Waals surface area (Å²) in [5.41, 5.74) is 5.38. The van der Waals surface area contributed by atoms with Gasteiger partial charge in [-0.3, -0.25) is 4.79 Å². The van der Waals surface area contributed by atoms with Crippen molar-refractivity contribution in [1.82, 2.24) is 14.7 Å². The quantitative estimate of drug-likeness (QED) is 0.878. The third-order valence-corrected chi connectivity index (χ3v) is 4.50. The number of benzene rings is 1. The van der Waals surface area contributed by atoms with Gasteiger partial charge in [-0.05, 0) is 50.1 Å². The van der Waals surface area contributed by atoms with Crippen molar-refractivity contribution in [3.05, 3.63) is 47.8 Å². The number of carbonyl (C=O) groups excluding carboxylic acids is 1. The number of halogens is 4. The maximum atomic E-state index is 12.8. The zero-order valence-corrected chi connectivity index (χ0v) is 14.9. The summed E-state index contributed by atoms with van der Waals surface area (Å²) in [7, 11) is 0. The molecule has 1 aliphatic rings. The minimum Gasteiger partial charge on any atom is -0.334 e. The van der Waals surface area contributed by atoms with Crippen LogP contribution < -0.4 is 5.73 Å². The van der Waals surface area contributed by atoms with Gasteiger partial charge in [0.05, 0.1) is 11.3 Å². The molecule has 5 nitrogen and oxygen atoms in total. The van der Waals surface area contributed by atoms with E-state index in [1.807, 2.05) is 6.92 Å². The molecule has 1 aliphatic heterocycles. The minimum absolute atomic E-state index is 0. The van der Waals surface area contributed by atoms with Crippen LogP contribution >= 0.6 is 12.4 Å². The monoisotopic (exact) mass is 388 g/mol. The molecule has 9 heteroatoms. The van der Waals surface area contributed by atoms with Gasteiger partial charge in [0, 0.05) is 18.8 Å². The number of amides is 1. The molecule has 0 saturated carbocycles. The molecule has 26 heavy (non-hydrogen) atoms. The van der Waals surface area contributed by atoms with Crippen molar-refractivity contribution in [2.24, 2.45) is 11.7 Å². The second kappa shape index (κ2) is 7.67. The first kappa shape index (κ1) is 20.3. The molecule has 1 fully saturated rings. The third kappa shape index (κ3) is 4.02. The van der Waals surface area contributed by atoms with Crippen LogP contribution in [0.25, 0.3) is 5.69 Å². The van der Waals surface area contributed by atoms with Gasteiger partial charge >= 0.3 is 6.18 Å². The fourth-order valence-corrected chi connectivity index (χ4v) is 3.15. The smallest absolute Gasteiger partial charge is 0.334 e. The number of carbonyl (C=O) groups is 1. The lowest BCUT2D eigenvalue weighted by atomic mass is 10.1. The van der Waals surface area contributed by atoms with Crippen molar-refractivity contribution in [2.75, 3.05) is 13.1 Å². The molecule has 2 unspecified atom stereocenters. The number of rotatable bonds is 3. The largest absolute Gasteiger partial charge is 0.416 e. The SMILES string of the molecule is CC1CC(CN)CN1C(=O)c1ccn(-c2cccc(C(F)(F)F)c2)n1.Cl. The molecule has 2 aromatic rings. The number of aromatic nitrogens is 2. The first-order valence-corrected chi connectivity index (χ1v) is 8.04. The summed E-state index contributed by atoms with van der Waals surface area (Å²) in [4.78, 5) is 14.3. The van der Waals surface area contributed by atoms with Crippen LogP contribution in [0.3, 0.4) is 0 Å². The van der Waals surface area contributed by atoms with Gasteiger partial charge in [-0.15, -0.1) is 12.4 Å². The van der Waals surface area contributed by atoms with Gasteiger partial charge in [-0.1, -0.05) is 6.07 Å². The van der Waals surface area contributed by atoms with Gasteiger partial charge in [0.1, 0.15) is 0 Å². The van der Waals surface area contributed by atoms with Crippen LogP contribution in [0, 0.1) is 5.92 Å². The average Bonchev–Trinajstić information content (AvgIpc) is 3.20. The van der Waals surface area contributed by atoms with Crippen LogP contribution in [-0.4, -0.2) is 39.7 Å². The predicted molar refractivity (Wildman–Crippen MR) is 93.5 cm³/mol. The summed E-state index contributed by atoms with van der Waals surface area (Å²) >= 11 is 0. The fourth-order valence-electron chi connectivity index (χ4n) is 3.15. The molecule has 0 spiro atoms. The zero-order valence-electron chi connectivity index (χ0n) is 14.1. The van der Waals surface area contributed by atoms with E-state index in [-0.39, 0.29) is 41.7 Å². The maximum absolute atomic E-state index is 12.8. The molecule has 2 atom stereocenters. The Labute approximate surface area is 155 Å².